The molecule has 3 heterocycles. The number of carbonyl (C=O) groups is 1. The molecule has 0 aliphatic carbocycles. The Bertz CT molecular complexity index is 1140. The Labute approximate surface area is 164 Å². The molecule has 0 atom stereocenters. The standard InChI is InChI=1S/C16H9ClF2N6O2S/c17-8-5-21-14-12(8)11(1-2-20-14)27-13-9(18)3-7(4-10(13)19)23-15(26)24-16-25-22-6-28-16/h1-6H,(H,20,21)(H2,23,24,25,26). The molecule has 3 N–H and O–H groups in total. The summed E-state index contributed by atoms with van der Waals surface area (Å²) in [5.41, 5.74) is 1.73. The van der Waals surface area contributed by atoms with E-state index in [9.17, 15) is 13.6 Å². The maximum Gasteiger partial charge on any atom is 0.325 e. The molecule has 28 heavy (non-hydrogen) atoms. The number of H-pyrrole nitrogens is 1. The van der Waals surface area contributed by atoms with Crippen molar-refractivity contribution in [3.8, 4) is 11.5 Å². The van der Waals surface area contributed by atoms with Gasteiger partial charge in [0.25, 0.3) is 0 Å². The van der Waals surface area contributed by atoms with Crippen LogP contribution in [0.4, 0.5) is 24.4 Å². The third kappa shape index (κ3) is 3.57. The van der Waals surface area contributed by atoms with Crippen LogP contribution in [0.2, 0.25) is 5.02 Å². The highest BCUT2D eigenvalue weighted by Crippen LogP contribution is 2.36. The van der Waals surface area contributed by atoms with Crippen molar-refractivity contribution in [1.29, 1.82) is 0 Å². The highest BCUT2D eigenvalue weighted by atomic mass is 35.5. The number of urea groups is 1. The average Bonchev–Trinajstić information content (AvgIpc) is 3.28. The lowest BCUT2D eigenvalue weighted by atomic mass is 10.2. The second-order valence-corrected chi connectivity index (χ2v) is 6.60. The predicted octanol–water partition coefficient (Wildman–Crippen LogP) is 4.78. The van der Waals surface area contributed by atoms with Crippen LogP contribution in [0.15, 0.2) is 36.1 Å². The molecule has 0 spiro atoms. The number of aromatic amines is 1. The lowest BCUT2D eigenvalue weighted by Crippen LogP contribution is -2.19. The molecule has 0 bridgehead atoms. The van der Waals surface area contributed by atoms with E-state index < -0.39 is 23.4 Å². The highest BCUT2D eigenvalue weighted by Gasteiger charge is 2.18. The largest absolute Gasteiger partial charge is 0.450 e. The Hall–Kier alpha value is -3.31. The topological polar surface area (TPSA) is 105 Å². The summed E-state index contributed by atoms with van der Waals surface area (Å²) in [5, 5.41) is 12.8. The molecule has 4 aromatic rings. The van der Waals surface area contributed by atoms with Gasteiger partial charge in [0.2, 0.25) is 5.13 Å². The number of aromatic nitrogens is 4. The van der Waals surface area contributed by atoms with Gasteiger partial charge in [-0.25, -0.2) is 18.6 Å². The van der Waals surface area contributed by atoms with Crippen LogP contribution in [0.5, 0.6) is 11.5 Å². The third-order valence-electron chi connectivity index (χ3n) is 3.54. The van der Waals surface area contributed by atoms with Crippen LogP contribution >= 0.6 is 22.9 Å². The molecule has 0 unspecified atom stereocenters. The Morgan fingerprint density at radius 2 is 2.04 bits per heavy atom. The highest BCUT2D eigenvalue weighted by molar-refractivity contribution is 7.13. The van der Waals surface area contributed by atoms with Crippen molar-refractivity contribution >= 4 is 50.8 Å². The maximum atomic E-state index is 14.4. The predicted molar refractivity (Wildman–Crippen MR) is 100 cm³/mol. The molecule has 0 radical (unpaired) electrons. The number of amides is 2. The van der Waals surface area contributed by atoms with Crippen LogP contribution < -0.4 is 15.4 Å². The van der Waals surface area contributed by atoms with Gasteiger partial charge in [-0.05, 0) is 6.07 Å². The van der Waals surface area contributed by atoms with E-state index in [1.54, 1.807) is 0 Å². The molecule has 3 aromatic heterocycles. The molecule has 8 nitrogen and oxygen atoms in total. The van der Waals surface area contributed by atoms with Crippen LogP contribution in [-0.4, -0.2) is 26.2 Å². The number of hydrogen-bond acceptors (Lipinski definition) is 6. The molecule has 0 fully saturated rings. The monoisotopic (exact) mass is 422 g/mol. The van der Waals surface area contributed by atoms with Crippen LogP contribution in [0.3, 0.4) is 0 Å². The van der Waals surface area contributed by atoms with E-state index in [1.165, 1.54) is 24.0 Å². The summed E-state index contributed by atoms with van der Waals surface area (Å²) in [6.07, 6.45) is 2.90. The first-order valence-electron chi connectivity index (χ1n) is 7.64. The fraction of sp³-hybridized carbons (Fsp3) is 0. The third-order valence-corrected chi connectivity index (χ3v) is 4.44. The Balaban J connectivity index is 1.57. The first-order chi connectivity index (χ1) is 13.5. The van der Waals surface area contributed by atoms with E-state index in [4.69, 9.17) is 16.3 Å². The number of nitrogens with zero attached hydrogens (tertiary/aromatic N) is 3. The van der Waals surface area contributed by atoms with Crippen molar-refractivity contribution in [2.24, 2.45) is 0 Å². The zero-order valence-corrected chi connectivity index (χ0v) is 15.2. The molecule has 12 heteroatoms. The number of carbonyl (C=O) groups excluding carboxylic acids is 1. The lowest BCUT2D eigenvalue weighted by molar-refractivity contribution is 0.262. The number of benzene rings is 1. The van der Waals surface area contributed by atoms with E-state index in [0.29, 0.717) is 16.1 Å². The van der Waals surface area contributed by atoms with Crippen molar-refractivity contribution in [1.82, 2.24) is 20.2 Å². The van der Waals surface area contributed by atoms with Gasteiger partial charge in [-0.2, -0.15) is 0 Å². The zero-order valence-electron chi connectivity index (χ0n) is 13.7. The summed E-state index contributed by atoms with van der Waals surface area (Å²) in [5.74, 6) is -2.53. The summed E-state index contributed by atoms with van der Waals surface area (Å²) in [6, 6.07) is 2.56. The average molecular weight is 423 g/mol. The summed E-state index contributed by atoms with van der Waals surface area (Å²) in [7, 11) is 0. The van der Waals surface area contributed by atoms with Crippen LogP contribution in [0, 0.1) is 11.6 Å². The van der Waals surface area contributed by atoms with Crippen molar-refractivity contribution < 1.29 is 18.3 Å². The first kappa shape index (κ1) is 18.1. The van der Waals surface area contributed by atoms with Gasteiger partial charge in [-0.15, -0.1) is 10.2 Å². The van der Waals surface area contributed by atoms with E-state index in [1.807, 2.05) is 0 Å². The molecule has 4 rings (SSSR count). The van der Waals surface area contributed by atoms with E-state index in [-0.39, 0.29) is 16.6 Å². The minimum absolute atomic E-state index is 0.107. The smallest absolute Gasteiger partial charge is 0.325 e. The first-order valence-corrected chi connectivity index (χ1v) is 8.89. The van der Waals surface area contributed by atoms with Gasteiger partial charge >= 0.3 is 6.03 Å². The number of hydrogen-bond donors (Lipinski definition) is 3. The number of rotatable bonds is 4. The number of pyridine rings is 1. The van der Waals surface area contributed by atoms with Crippen LogP contribution in [0.1, 0.15) is 0 Å². The molecule has 2 amide bonds. The summed E-state index contributed by atoms with van der Waals surface area (Å²) < 4.78 is 34.3. The number of nitrogens with one attached hydrogen (secondary N) is 3. The second kappa shape index (κ2) is 7.37. The summed E-state index contributed by atoms with van der Waals surface area (Å²) in [6.45, 7) is 0. The summed E-state index contributed by atoms with van der Waals surface area (Å²) in [4.78, 5) is 18.7. The van der Waals surface area contributed by atoms with Crippen LogP contribution in [0.25, 0.3) is 11.0 Å². The van der Waals surface area contributed by atoms with Crippen molar-refractivity contribution in [2.75, 3.05) is 10.6 Å². The van der Waals surface area contributed by atoms with E-state index >= 15 is 0 Å². The Kier molecular flexibility index (Phi) is 4.75. The Morgan fingerprint density at radius 1 is 1.25 bits per heavy atom. The molecule has 0 aliphatic heterocycles. The molecular weight excluding hydrogens is 414 g/mol. The number of ether oxygens (including phenoxy) is 1. The normalized spacial score (nSPS) is 10.8. The Morgan fingerprint density at radius 3 is 2.75 bits per heavy atom. The lowest BCUT2D eigenvalue weighted by Gasteiger charge is -2.11. The van der Waals surface area contributed by atoms with Crippen molar-refractivity contribution in [3.05, 3.63) is 52.8 Å². The van der Waals surface area contributed by atoms with Crippen molar-refractivity contribution in [2.45, 2.75) is 0 Å². The summed E-state index contributed by atoms with van der Waals surface area (Å²) >= 11 is 7.16. The van der Waals surface area contributed by atoms with Gasteiger partial charge in [0.1, 0.15) is 16.9 Å². The SMILES string of the molecule is O=C(Nc1cc(F)c(Oc2ccnc3[nH]cc(Cl)c23)c(F)c1)Nc1nncs1. The fourth-order valence-electron chi connectivity index (χ4n) is 2.40. The number of fused-ring (bicyclic) bond motifs is 1. The molecule has 142 valence electrons. The number of anilines is 2. The fourth-order valence-corrected chi connectivity index (χ4v) is 3.08. The van der Waals surface area contributed by atoms with Crippen LogP contribution in [-0.2, 0) is 0 Å². The molecule has 0 saturated heterocycles. The molecular formula is C16H9ClF2N6O2S. The molecule has 0 saturated carbocycles. The minimum Gasteiger partial charge on any atom is -0.450 e. The van der Waals surface area contributed by atoms with Gasteiger partial charge < -0.3 is 15.0 Å². The molecule has 0 aliphatic rings. The van der Waals surface area contributed by atoms with Gasteiger partial charge in [0.15, 0.2) is 17.4 Å². The van der Waals surface area contributed by atoms with Gasteiger partial charge in [0.05, 0.1) is 10.4 Å². The van der Waals surface area contributed by atoms with Gasteiger partial charge in [-0.3, -0.25) is 5.32 Å². The van der Waals surface area contributed by atoms with E-state index in [2.05, 4.69) is 30.8 Å². The second-order valence-electron chi connectivity index (χ2n) is 5.36. The van der Waals surface area contributed by atoms with Gasteiger partial charge in [0, 0.05) is 30.2 Å². The number of halogens is 3. The van der Waals surface area contributed by atoms with E-state index in [0.717, 1.165) is 23.5 Å². The molecule has 1 aromatic carbocycles. The van der Waals surface area contributed by atoms with Crippen molar-refractivity contribution in [3.63, 3.8) is 0 Å². The quantitative estimate of drug-likeness (QED) is 0.439. The zero-order chi connectivity index (χ0) is 19.7. The van der Waals surface area contributed by atoms with Gasteiger partial charge in [-0.1, -0.05) is 22.9 Å². The maximum absolute atomic E-state index is 14.4. The minimum atomic E-state index is -1.01.